The number of aromatic nitrogens is 1. The molecule has 2 aromatic carbocycles. The molecule has 1 heterocycles. The fourth-order valence-corrected chi connectivity index (χ4v) is 3.68. The van der Waals surface area contributed by atoms with Crippen LogP contribution < -0.4 is 10.3 Å². The molecule has 2 N–H and O–H groups in total. The fourth-order valence-electron chi connectivity index (χ4n) is 3.68. The van der Waals surface area contributed by atoms with Gasteiger partial charge in [0.1, 0.15) is 22.6 Å². The molecule has 0 saturated carbocycles. The van der Waals surface area contributed by atoms with Crippen molar-refractivity contribution in [3.8, 4) is 28.3 Å². The predicted octanol–water partition coefficient (Wildman–Crippen LogP) is 4.35. The molecule has 0 bridgehead atoms. The third kappa shape index (κ3) is 3.35. The van der Waals surface area contributed by atoms with Crippen molar-refractivity contribution < 1.29 is 23.8 Å². The Labute approximate surface area is 176 Å². The molecule has 8 heteroatoms. The van der Waals surface area contributed by atoms with Crippen molar-refractivity contribution in [1.82, 2.24) is 4.98 Å². The highest BCUT2D eigenvalue weighted by atomic mass is 19.1. The Bertz CT molecular complexity index is 1330. The molecule has 0 fully saturated rings. The number of phenols is 1. The average molecular weight is 422 g/mol. The van der Waals surface area contributed by atoms with Gasteiger partial charge in [0.15, 0.2) is 11.3 Å². The van der Waals surface area contributed by atoms with Crippen LogP contribution in [0.5, 0.6) is 5.75 Å². The van der Waals surface area contributed by atoms with E-state index in [-0.39, 0.29) is 22.6 Å². The Balaban J connectivity index is 2.07. The van der Waals surface area contributed by atoms with Crippen LogP contribution >= 0.6 is 0 Å². The molecule has 4 rings (SSSR count). The van der Waals surface area contributed by atoms with Crippen LogP contribution in [0.25, 0.3) is 33.7 Å². The van der Waals surface area contributed by atoms with Gasteiger partial charge in [0.05, 0.1) is 5.56 Å². The number of benzene rings is 3. The maximum Gasteiger partial charge on any atom is 0.338 e. The molecule has 0 spiro atoms. The van der Waals surface area contributed by atoms with Crippen LogP contribution in [-0.4, -0.2) is 34.3 Å². The maximum atomic E-state index is 13.3. The number of carboxylic acids is 1. The van der Waals surface area contributed by atoms with Crippen LogP contribution in [0, 0.1) is 5.82 Å². The van der Waals surface area contributed by atoms with Crippen LogP contribution in [0.15, 0.2) is 51.7 Å². The van der Waals surface area contributed by atoms with Crippen molar-refractivity contribution in [2.24, 2.45) is 0 Å². The van der Waals surface area contributed by atoms with E-state index in [2.05, 4.69) is 9.88 Å². The van der Waals surface area contributed by atoms with Crippen molar-refractivity contribution in [3.05, 3.63) is 64.1 Å². The summed E-state index contributed by atoms with van der Waals surface area (Å²) < 4.78 is 19.1. The minimum atomic E-state index is -1.41. The fraction of sp³-hybridized carbons (Fsp3) is 0.174. The Hall–Kier alpha value is -3.94. The smallest absolute Gasteiger partial charge is 0.338 e. The number of aromatic carboxylic acids is 1. The van der Waals surface area contributed by atoms with Crippen LogP contribution in [0.4, 0.5) is 10.1 Å². The molecule has 2 aromatic rings. The molecule has 158 valence electrons. The monoisotopic (exact) mass is 422 g/mol. The first-order chi connectivity index (χ1) is 14.8. The van der Waals surface area contributed by atoms with Crippen LogP contribution in [0.2, 0.25) is 0 Å². The van der Waals surface area contributed by atoms with Crippen LogP contribution in [-0.2, 0) is 0 Å². The molecule has 0 amide bonds. The van der Waals surface area contributed by atoms with E-state index >= 15 is 0 Å². The zero-order valence-corrected chi connectivity index (χ0v) is 16.8. The van der Waals surface area contributed by atoms with E-state index in [0.717, 1.165) is 30.9 Å². The van der Waals surface area contributed by atoms with Gasteiger partial charge in [-0.3, -0.25) is 4.79 Å². The predicted molar refractivity (Wildman–Crippen MR) is 114 cm³/mol. The highest BCUT2D eigenvalue weighted by Crippen LogP contribution is 2.38. The Morgan fingerprint density at radius 2 is 1.81 bits per heavy atom. The summed E-state index contributed by atoms with van der Waals surface area (Å²) in [7, 11) is 0. The largest absolute Gasteiger partial charge is 0.501 e. The van der Waals surface area contributed by atoms with E-state index in [1.54, 1.807) is 12.1 Å². The van der Waals surface area contributed by atoms with E-state index in [1.165, 1.54) is 12.1 Å². The van der Waals surface area contributed by atoms with Crippen molar-refractivity contribution in [2.75, 3.05) is 18.0 Å². The zero-order chi connectivity index (χ0) is 22.3. The maximum absolute atomic E-state index is 13.3. The highest BCUT2D eigenvalue weighted by Gasteiger charge is 2.31. The number of phenolic OH excluding ortho intramolecular Hbond substituents is 1. The molecular formula is C23H19FN2O5. The lowest BCUT2D eigenvalue weighted by Crippen LogP contribution is -2.21. The summed E-state index contributed by atoms with van der Waals surface area (Å²) in [4.78, 5) is 31.5. The summed E-state index contributed by atoms with van der Waals surface area (Å²) >= 11 is 0. The molecule has 0 unspecified atom stereocenters. The van der Waals surface area contributed by atoms with Gasteiger partial charge in [-0.2, -0.15) is 0 Å². The molecule has 0 radical (unpaired) electrons. The van der Waals surface area contributed by atoms with Gasteiger partial charge in [0, 0.05) is 24.8 Å². The van der Waals surface area contributed by atoms with Crippen molar-refractivity contribution in [1.29, 1.82) is 0 Å². The van der Waals surface area contributed by atoms with Gasteiger partial charge < -0.3 is 19.5 Å². The van der Waals surface area contributed by atoms with E-state index in [4.69, 9.17) is 4.42 Å². The number of aromatic hydroxyl groups is 1. The molecule has 0 atom stereocenters. The summed E-state index contributed by atoms with van der Waals surface area (Å²) in [5.41, 5.74) is -0.0904. The molecule has 0 saturated heterocycles. The Kier molecular flexibility index (Phi) is 5.06. The molecule has 2 aliphatic rings. The summed E-state index contributed by atoms with van der Waals surface area (Å²) in [6.45, 7) is 5.55. The number of hydrogen-bond acceptors (Lipinski definition) is 6. The number of rotatable bonds is 5. The van der Waals surface area contributed by atoms with Gasteiger partial charge in [-0.05, 0) is 43.7 Å². The second kappa shape index (κ2) is 7.71. The highest BCUT2D eigenvalue weighted by molar-refractivity contribution is 6.04. The first-order valence-electron chi connectivity index (χ1n) is 9.73. The number of carboxylic acid groups (broad SMARTS) is 1. The summed E-state index contributed by atoms with van der Waals surface area (Å²) in [5.74, 6) is -3.01. The molecule has 7 nitrogen and oxygen atoms in total. The number of halogens is 1. The lowest BCUT2D eigenvalue weighted by atomic mass is 9.94. The van der Waals surface area contributed by atoms with Gasteiger partial charge in [-0.25, -0.2) is 14.2 Å². The number of carbonyl (C=O) groups is 1. The van der Waals surface area contributed by atoms with Gasteiger partial charge >= 0.3 is 5.97 Å². The number of hydrogen-bond donors (Lipinski definition) is 2. The summed E-state index contributed by atoms with van der Waals surface area (Å²) in [5, 5.41) is 20.4. The Morgan fingerprint density at radius 3 is 2.42 bits per heavy atom. The second-order valence-electron chi connectivity index (χ2n) is 6.96. The van der Waals surface area contributed by atoms with Gasteiger partial charge in [0.2, 0.25) is 11.2 Å². The number of fused-ring (bicyclic) bond motifs is 2. The van der Waals surface area contributed by atoms with Crippen LogP contribution in [0.1, 0.15) is 24.2 Å². The zero-order valence-electron chi connectivity index (χ0n) is 16.8. The minimum absolute atomic E-state index is 0.153. The molecule has 0 aromatic heterocycles. The first-order valence-corrected chi connectivity index (χ1v) is 9.73. The SMILES string of the molecule is CCN(CC)c1ccc2nc3c(C(=O)O)c(-c4ccc(F)cc4)c(=O)c(O)c-3oc2c1. The molecule has 1 aliphatic heterocycles. The number of nitrogens with zero attached hydrogens (tertiary/aromatic N) is 2. The standard InChI is InChI=1S/C23H19FN2O5/c1-3-26(4-2)14-9-10-15-16(11-14)31-22-19(25-15)18(23(29)30)17(20(27)21(22)28)12-5-7-13(24)8-6-12/h5-11,28H,3-4H2,1-2H3,(H,29,30). The van der Waals surface area contributed by atoms with Crippen molar-refractivity contribution in [2.45, 2.75) is 13.8 Å². The van der Waals surface area contributed by atoms with E-state index in [0.29, 0.717) is 11.1 Å². The third-order valence-corrected chi connectivity index (χ3v) is 5.22. The lowest BCUT2D eigenvalue weighted by molar-refractivity contribution is 0.0698. The van der Waals surface area contributed by atoms with Crippen molar-refractivity contribution >= 4 is 22.8 Å². The average Bonchev–Trinajstić information content (AvgIpc) is 2.76. The summed E-state index contributed by atoms with van der Waals surface area (Å²) in [6, 6.07) is 10.0. The quantitative estimate of drug-likeness (QED) is 0.461. The lowest BCUT2D eigenvalue weighted by Gasteiger charge is -2.21. The topological polar surface area (TPSA) is 104 Å². The van der Waals surface area contributed by atoms with Gasteiger partial charge in [-0.1, -0.05) is 12.1 Å². The van der Waals surface area contributed by atoms with Crippen LogP contribution in [0.3, 0.4) is 0 Å². The van der Waals surface area contributed by atoms with E-state index < -0.39 is 28.5 Å². The molecule has 31 heavy (non-hydrogen) atoms. The van der Waals surface area contributed by atoms with E-state index in [1.807, 2.05) is 19.9 Å². The third-order valence-electron chi connectivity index (χ3n) is 5.22. The van der Waals surface area contributed by atoms with Gasteiger partial charge in [0.25, 0.3) is 0 Å². The van der Waals surface area contributed by atoms with E-state index in [9.17, 15) is 24.2 Å². The second-order valence-corrected chi connectivity index (χ2v) is 6.96. The summed E-state index contributed by atoms with van der Waals surface area (Å²) in [6.07, 6.45) is 0. The minimum Gasteiger partial charge on any atom is -0.501 e. The Morgan fingerprint density at radius 1 is 1.13 bits per heavy atom. The van der Waals surface area contributed by atoms with Crippen molar-refractivity contribution in [3.63, 3.8) is 0 Å². The molecule has 1 aliphatic carbocycles. The first kappa shape index (κ1) is 20.3. The number of anilines is 1. The normalized spacial score (nSPS) is 11.2. The molecular weight excluding hydrogens is 403 g/mol. The van der Waals surface area contributed by atoms with Gasteiger partial charge in [-0.15, -0.1) is 0 Å².